The molecule has 0 unspecified atom stereocenters. The maximum Gasteiger partial charge on any atom is 0.316 e. The molecular weight excluding hydrogens is 808 g/mol. The Morgan fingerprint density at radius 3 is 2.10 bits per heavy atom. The van der Waals surface area contributed by atoms with Crippen molar-refractivity contribution in [3.63, 3.8) is 0 Å². The van der Waals surface area contributed by atoms with Gasteiger partial charge in [-0.25, -0.2) is 4.79 Å². The number of nitrogens with one attached hydrogen (secondary N) is 2. The molecule has 9 heteroatoms. The van der Waals surface area contributed by atoms with Gasteiger partial charge in [0.2, 0.25) is 0 Å². The quantitative estimate of drug-likeness (QED) is 0.216. The third kappa shape index (κ3) is 6.62. The average molecular weight is 882 g/mol. The maximum absolute atomic E-state index is 14.2. The van der Waals surface area contributed by atoms with E-state index < -0.39 is 33.8 Å². The lowest BCUT2D eigenvalue weighted by molar-refractivity contribution is -0.261. The summed E-state index contributed by atoms with van der Waals surface area (Å²) in [6, 6.07) is 17.0. The van der Waals surface area contributed by atoms with Gasteiger partial charge in [0.15, 0.2) is 5.78 Å². The van der Waals surface area contributed by atoms with Crippen molar-refractivity contribution in [1.82, 2.24) is 10.6 Å². The predicted molar refractivity (Wildman–Crippen MR) is 248 cm³/mol. The van der Waals surface area contributed by atoms with Crippen molar-refractivity contribution in [3.8, 4) is 0 Å². The number of rotatable bonds is 9. The van der Waals surface area contributed by atoms with E-state index in [-0.39, 0.29) is 63.8 Å². The molecule has 2 aromatic carbocycles. The number of esters is 1. The zero-order chi connectivity index (χ0) is 45.9. The smallest absolute Gasteiger partial charge is 0.316 e. The molecule has 0 radical (unpaired) electrons. The number of fused-ring (bicyclic) bond motifs is 7. The molecule has 6 aliphatic carbocycles. The third-order valence-corrected chi connectivity index (χ3v) is 20.1. The molecule has 8 nitrogen and oxygen atoms in total. The van der Waals surface area contributed by atoms with Gasteiger partial charge in [0, 0.05) is 11.4 Å². The average Bonchev–Trinajstić information content (AvgIpc) is 3.49. The van der Waals surface area contributed by atoms with Crippen LogP contribution in [0, 0.1) is 68.0 Å². The molecule has 5 saturated carbocycles. The minimum absolute atomic E-state index is 0.0107. The largest absolute Gasteiger partial charge is 0.481 e. The van der Waals surface area contributed by atoms with Crippen LogP contribution in [0.25, 0.3) is 0 Å². The number of carboxylic acids is 1. The highest BCUT2D eigenvalue weighted by Gasteiger charge is 2.76. The Morgan fingerprint density at radius 2 is 1.48 bits per heavy atom. The fraction of sp³-hybridized carbons (Fsp3) is 0.667. The number of allylic oxidation sites excluding steroid dienone is 1. The number of ketones is 1. The van der Waals surface area contributed by atoms with Crippen LogP contribution in [0.3, 0.4) is 0 Å². The highest BCUT2D eigenvalue weighted by Crippen LogP contribution is 2.79. The molecule has 342 valence electrons. The van der Waals surface area contributed by atoms with Gasteiger partial charge in [-0.1, -0.05) is 116 Å². The van der Waals surface area contributed by atoms with Crippen LogP contribution < -0.4 is 10.6 Å². The lowest BCUT2D eigenvalue weighted by Crippen LogP contribution is -2.71. The second kappa shape index (κ2) is 15.2. The fourth-order valence-corrected chi connectivity index (χ4v) is 16.6. The molecule has 0 heterocycles. The Morgan fingerprint density at radius 1 is 0.825 bits per heavy atom. The Bertz CT molecular complexity index is 2210. The Balaban J connectivity index is 1.05. The van der Waals surface area contributed by atoms with Gasteiger partial charge >= 0.3 is 18.0 Å². The van der Waals surface area contributed by atoms with E-state index in [9.17, 15) is 24.3 Å². The van der Waals surface area contributed by atoms with E-state index in [1.165, 1.54) is 5.57 Å². The van der Waals surface area contributed by atoms with E-state index in [0.29, 0.717) is 36.1 Å². The van der Waals surface area contributed by atoms with E-state index >= 15 is 0 Å². The number of benzene rings is 2. The number of halogens is 1. The van der Waals surface area contributed by atoms with E-state index in [4.69, 9.17) is 16.3 Å². The number of aliphatic carboxylic acids is 1. The molecule has 5 fully saturated rings. The summed E-state index contributed by atoms with van der Waals surface area (Å²) in [5.41, 5.74) is 0.367. The Hall–Kier alpha value is -3.65. The first-order chi connectivity index (χ1) is 29.3. The van der Waals surface area contributed by atoms with Gasteiger partial charge in [-0.15, -0.1) is 0 Å². The van der Waals surface area contributed by atoms with Crippen molar-refractivity contribution in [1.29, 1.82) is 0 Å². The van der Waals surface area contributed by atoms with Gasteiger partial charge in [-0.05, 0) is 163 Å². The first-order valence-corrected chi connectivity index (χ1v) is 24.3. The molecular formula is C54H73ClN2O6. The second-order valence-electron chi connectivity index (χ2n) is 23.8. The van der Waals surface area contributed by atoms with Gasteiger partial charge in [0.25, 0.3) is 0 Å². The number of carbonyl (C=O) groups excluding carboxylic acids is 3. The zero-order valence-corrected chi connectivity index (χ0v) is 40.6. The summed E-state index contributed by atoms with van der Waals surface area (Å²) < 4.78 is 5.84. The molecule has 0 bridgehead atoms. The number of hydrogen-bond donors (Lipinski definition) is 3. The van der Waals surface area contributed by atoms with Crippen molar-refractivity contribution in [2.24, 2.45) is 68.0 Å². The first kappa shape index (κ1) is 45.9. The van der Waals surface area contributed by atoms with Crippen LogP contribution in [0.2, 0.25) is 5.02 Å². The van der Waals surface area contributed by atoms with Crippen LogP contribution in [0.4, 0.5) is 4.79 Å². The van der Waals surface area contributed by atoms with E-state index in [1.54, 1.807) is 0 Å². The van der Waals surface area contributed by atoms with Crippen LogP contribution >= 0.6 is 11.6 Å². The zero-order valence-electron chi connectivity index (χ0n) is 39.8. The van der Waals surface area contributed by atoms with Crippen LogP contribution in [-0.2, 0) is 31.3 Å². The van der Waals surface area contributed by atoms with Crippen molar-refractivity contribution in [2.75, 3.05) is 0 Å². The molecule has 0 spiro atoms. The SMILES string of the molecule is CC(C)C1=C2[C@H]3CC[C@@H]4[C@]5(C)CC[C@H]([C@@]6(C(=O)O)C[C@@H](C(=O)OCc7ccccc7)C6(C)C)C(C)(C)[C@H]5CC[C@@]4(C)[C@]3(C)CC[C@@]2(NC(=O)NC(C)(C)c2ccc(Cl)cc2)CC1=O. The molecule has 6 aliphatic rings. The molecule has 2 aromatic rings. The van der Waals surface area contributed by atoms with E-state index in [0.717, 1.165) is 61.6 Å². The van der Waals surface area contributed by atoms with E-state index in [2.05, 4.69) is 59.1 Å². The number of amides is 2. The van der Waals surface area contributed by atoms with Crippen molar-refractivity contribution >= 4 is 35.4 Å². The van der Waals surface area contributed by atoms with Gasteiger partial charge in [0.1, 0.15) is 6.61 Å². The van der Waals surface area contributed by atoms with Crippen LogP contribution in [0.5, 0.6) is 0 Å². The monoisotopic (exact) mass is 881 g/mol. The Kier molecular flexibility index (Phi) is 11.1. The predicted octanol–water partition coefficient (Wildman–Crippen LogP) is 12.1. The fourth-order valence-electron chi connectivity index (χ4n) is 16.4. The molecule has 0 aromatic heterocycles. The summed E-state index contributed by atoms with van der Waals surface area (Å²) >= 11 is 6.20. The maximum atomic E-state index is 14.2. The molecule has 10 atom stereocenters. The standard InChI is InChI=1S/C54H73ClN2O6/c1-32(2)42-38(58)30-53(57-46(62)56-49(7,8)34-17-19-35(55)20-18-34)28-27-51(10)36(43(42)53)21-22-41-50(9)25-23-40(47(3,4)39(50)24-26-52(41,51)11)54(45(60)61)29-37(48(54,5)6)44(59)63-31-33-15-13-12-14-16-33/h12-20,32,36-37,39-41H,21-31H2,1-11H3,(H,60,61)(H2,56,57,62)/t36-,37+,39-,40+,41-,50-,51-,52-,53-,54-/m1/s1. The van der Waals surface area contributed by atoms with E-state index in [1.807, 2.05) is 82.3 Å². The minimum Gasteiger partial charge on any atom is -0.481 e. The highest BCUT2D eigenvalue weighted by molar-refractivity contribution is 6.30. The third-order valence-electron chi connectivity index (χ3n) is 19.8. The van der Waals surface area contributed by atoms with Crippen LogP contribution in [0.1, 0.15) is 151 Å². The lowest BCUT2D eigenvalue weighted by atomic mass is 9.30. The number of ether oxygens (including phenoxy) is 1. The number of carboxylic acid groups (broad SMARTS) is 1. The second-order valence-corrected chi connectivity index (χ2v) is 24.2. The molecule has 2 amide bonds. The highest BCUT2D eigenvalue weighted by atomic mass is 35.5. The normalized spacial score (nSPS) is 37.7. The van der Waals surface area contributed by atoms with Crippen molar-refractivity contribution in [3.05, 3.63) is 81.9 Å². The summed E-state index contributed by atoms with van der Waals surface area (Å²) in [7, 11) is 0. The summed E-state index contributed by atoms with van der Waals surface area (Å²) in [5, 5.41) is 18.7. The number of carbonyl (C=O) groups is 4. The van der Waals surface area contributed by atoms with Crippen LogP contribution in [-0.4, -0.2) is 34.4 Å². The molecule has 63 heavy (non-hydrogen) atoms. The van der Waals surface area contributed by atoms with Crippen molar-refractivity contribution < 1.29 is 29.0 Å². The van der Waals surface area contributed by atoms with Crippen molar-refractivity contribution in [2.45, 2.75) is 158 Å². The van der Waals surface area contributed by atoms with Gasteiger partial charge < -0.3 is 20.5 Å². The molecule has 8 rings (SSSR count). The van der Waals surface area contributed by atoms with Crippen LogP contribution in [0.15, 0.2) is 65.7 Å². The van der Waals surface area contributed by atoms with Gasteiger partial charge in [-0.2, -0.15) is 0 Å². The summed E-state index contributed by atoms with van der Waals surface area (Å²) in [6.07, 6.45) is 8.04. The number of Topliss-reactive ketones (excluding diaryl/α,β-unsaturated/α-hetero) is 1. The minimum atomic E-state index is -1.04. The number of hydrogen-bond acceptors (Lipinski definition) is 5. The number of urea groups is 1. The lowest BCUT2D eigenvalue weighted by Gasteiger charge is -2.74. The molecule has 0 saturated heterocycles. The topological polar surface area (TPSA) is 122 Å². The summed E-state index contributed by atoms with van der Waals surface area (Å²) in [5.74, 6) is -0.539. The molecule has 3 N–H and O–H groups in total. The first-order valence-electron chi connectivity index (χ1n) is 23.9. The van der Waals surface area contributed by atoms with Gasteiger partial charge in [0.05, 0.1) is 22.4 Å². The summed E-state index contributed by atoms with van der Waals surface area (Å²) in [4.78, 5) is 55.8. The molecule has 0 aliphatic heterocycles. The summed E-state index contributed by atoms with van der Waals surface area (Å²) in [6.45, 7) is 24.7. The Labute approximate surface area is 381 Å². The van der Waals surface area contributed by atoms with Gasteiger partial charge in [-0.3, -0.25) is 14.4 Å².